The predicted molar refractivity (Wildman–Crippen MR) is 197 cm³/mol. The highest BCUT2D eigenvalue weighted by atomic mass is 35.5. The molecule has 0 saturated carbocycles. The van der Waals surface area contributed by atoms with Gasteiger partial charge in [0, 0.05) is 22.7 Å². The summed E-state index contributed by atoms with van der Waals surface area (Å²) in [6.45, 7) is 10.1. The topological polar surface area (TPSA) is 113 Å². The Morgan fingerprint density at radius 3 is 2.15 bits per heavy atom. The molecule has 0 bridgehead atoms. The van der Waals surface area contributed by atoms with E-state index in [9.17, 15) is 18.0 Å². The molecule has 0 spiro atoms. The number of benzene rings is 4. The van der Waals surface area contributed by atoms with E-state index in [1.165, 1.54) is 0 Å². The van der Waals surface area contributed by atoms with Gasteiger partial charge in [-0.25, -0.2) is 0 Å². The average Bonchev–Trinajstić information content (AvgIpc) is 3.00. The SMILES string of the molecule is Cc1ccc(-c2cc(Cl)c(NC(=O)C(Cc3ccc(C(=O)NCCS(=O)(=O)O)cc3)c3ccc(/C=C/C(C)(C)C)cc3)cc2C)c(Cl)c1. The molecule has 1 unspecified atom stereocenters. The van der Waals surface area contributed by atoms with Gasteiger partial charge in [-0.1, -0.05) is 105 Å². The Balaban J connectivity index is 1.60. The lowest BCUT2D eigenvalue weighted by molar-refractivity contribution is -0.117. The zero-order valence-electron chi connectivity index (χ0n) is 27.6. The first-order chi connectivity index (χ1) is 22.5. The maximum atomic E-state index is 14.0. The summed E-state index contributed by atoms with van der Waals surface area (Å²) in [6, 6.07) is 24.1. The minimum atomic E-state index is -4.19. The van der Waals surface area contributed by atoms with Gasteiger partial charge in [0.25, 0.3) is 16.0 Å². The van der Waals surface area contributed by atoms with Crippen LogP contribution in [0.3, 0.4) is 0 Å². The molecule has 4 rings (SSSR count). The molecule has 0 radical (unpaired) electrons. The third kappa shape index (κ3) is 10.5. The molecule has 0 fully saturated rings. The van der Waals surface area contributed by atoms with Gasteiger partial charge in [-0.3, -0.25) is 14.1 Å². The zero-order valence-corrected chi connectivity index (χ0v) is 29.9. The standard InChI is InChI=1S/C38H40Cl2N2O5S/c1-24-6-15-30(33(39)20-24)31-23-34(40)35(21-25(31)2)42-37(44)32(28-11-7-26(8-12-28)16-17-38(3,4)5)22-27-9-13-29(14-10-27)36(43)41-18-19-48(45,46)47/h6-17,20-21,23,32H,18-19,22H2,1-5H3,(H,41,43)(H,42,44)(H,45,46,47)/b17-16+. The van der Waals surface area contributed by atoms with Crippen molar-refractivity contribution < 1.29 is 22.6 Å². The molecule has 0 aliphatic heterocycles. The number of halogens is 2. The van der Waals surface area contributed by atoms with Gasteiger partial charge >= 0.3 is 0 Å². The van der Waals surface area contributed by atoms with Crippen LogP contribution in [0.5, 0.6) is 0 Å². The van der Waals surface area contributed by atoms with Crippen molar-refractivity contribution in [2.24, 2.45) is 5.41 Å². The fourth-order valence-electron chi connectivity index (χ4n) is 5.10. The van der Waals surface area contributed by atoms with Crippen molar-refractivity contribution in [3.05, 3.63) is 128 Å². The molecule has 0 aliphatic rings. The number of allylic oxidation sites excluding steroid dienone is 1. The number of hydrogen-bond donors (Lipinski definition) is 3. The number of carbonyl (C=O) groups excluding carboxylic acids is 2. The quantitative estimate of drug-likeness (QED) is 0.135. The monoisotopic (exact) mass is 706 g/mol. The number of anilines is 1. The van der Waals surface area contributed by atoms with Crippen LogP contribution in [0.2, 0.25) is 10.0 Å². The highest BCUT2D eigenvalue weighted by Crippen LogP contribution is 2.37. The normalized spacial score (nSPS) is 12.6. The van der Waals surface area contributed by atoms with Crippen LogP contribution in [0.25, 0.3) is 17.2 Å². The van der Waals surface area contributed by atoms with Gasteiger partial charge in [0.2, 0.25) is 5.91 Å². The Labute approximate surface area is 293 Å². The Kier molecular flexibility index (Phi) is 11.9. The van der Waals surface area contributed by atoms with Crippen LogP contribution in [-0.4, -0.2) is 37.1 Å². The Morgan fingerprint density at radius 1 is 0.875 bits per heavy atom. The summed E-state index contributed by atoms with van der Waals surface area (Å²) in [5.74, 6) is -1.89. The van der Waals surface area contributed by atoms with Gasteiger partial charge in [-0.05, 0) is 89.4 Å². The lowest BCUT2D eigenvalue weighted by Crippen LogP contribution is -2.28. The molecule has 48 heavy (non-hydrogen) atoms. The first-order valence-corrected chi connectivity index (χ1v) is 17.8. The third-order valence-corrected chi connectivity index (χ3v) is 9.06. The number of rotatable bonds is 11. The van der Waals surface area contributed by atoms with Gasteiger partial charge in [-0.2, -0.15) is 8.42 Å². The minimum Gasteiger partial charge on any atom is -0.351 e. The summed E-state index contributed by atoms with van der Waals surface area (Å²) in [4.78, 5) is 26.5. The Bertz CT molecular complexity index is 1930. The number of aryl methyl sites for hydroxylation is 2. The molecule has 0 aromatic heterocycles. The van der Waals surface area contributed by atoms with Crippen molar-refractivity contribution >= 4 is 56.9 Å². The van der Waals surface area contributed by atoms with Crippen molar-refractivity contribution in [2.75, 3.05) is 17.6 Å². The van der Waals surface area contributed by atoms with Crippen LogP contribution in [0.15, 0.2) is 84.9 Å². The highest BCUT2D eigenvalue weighted by Gasteiger charge is 2.23. The van der Waals surface area contributed by atoms with Crippen LogP contribution >= 0.6 is 23.2 Å². The predicted octanol–water partition coefficient (Wildman–Crippen LogP) is 8.92. The van der Waals surface area contributed by atoms with Gasteiger partial charge in [0.15, 0.2) is 0 Å². The third-order valence-electron chi connectivity index (χ3n) is 7.72. The number of amides is 2. The molecule has 7 nitrogen and oxygen atoms in total. The van der Waals surface area contributed by atoms with Crippen molar-refractivity contribution in [3.63, 3.8) is 0 Å². The molecule has 252 valence electrons. The molecule has 0 aliphatic carbocycles. The smallest absolute Gasteiger partial charge is 0.266 e. The van der Waals surface area contributed by atoms with Crippen LogP contribution in [-0.2, 0) is 21.3 Å². The number of carbonyl (C=O) groups is 2. The average molecular weight is 708 g/mol. The second kappa shape index (κ2) is 15.5. The van der Waals surface area contributed by atoms with Crippen molar-refractivity contribution in [1.82, 2.24) is 5.32 Å². The van der Waals surface area contributed by atoms with E-state index >= 15 is 0 Å². The molecule has 10 heteroatoms. The molecule has 4 aromatic rings. The van der Waals surface area contributed by atoms with E-state index in [1.807, 2.05) is 68.4 Å². The number of nitrogens with one attached hydrogen (secondary N) is 2. The Morgan fingerprint density at radius 2 is 1.54 bits per heavy atom. The molecule has 3 N–H and O–H groups in total. The molecule has 0 saturated heterocycles. The van der Waals surface area contributed by atoms with Gasteiger partial charge < -0.3 is 10.6 Å². The van der Waals surface area contributed by atoms with Gasteiger partial charge in [0.1, 0.15) is 0 Å². The summed E-state index contributed by atoms with van der Waals surface area (Å²) < 4.78 is 30.8. The van der Waals surface area contributed by atoms with E-state index in [0.29, 0.717) is 27.7 Å². The maximum absolute atomic E-state index is 14.0. The summed E-state index contributed by atoms with van der Waals surface area (Å²) in [5.41, 5.74) is 7.15. The molecular formula is C38H40Cl2N2O5S. The summed E-state index contributed by atoms with van der Waals surface area (Å²) >= 11 is 13.3. The van der Waals surface area contributed by atoms with E-state index in [4.69, 9.17) is 27.8 Å². The second-order valence-electron chi connectivity index (χ2n) is 13.0. The maximum Gasteiger partial charge on any atom is 0.266 e. The van der Waals surface area contributed by atoms with Crippen LogP contribution in [0.4, 0.5) is 5.69 Å². The van der Waals surface area contributed by atoms with Crippen molar-refractivity contribution in [1.29, 1.82) is 0 Å². The summed E-state index contributed by atoms with van der Waals surface area (Å²) in [6.07, 6.45) is 4.52. The highest BCUT2D eigenvalue weighted by molar-refractivity contribution is 7.85. The molecule has 1 atom stereocenters. The summed E-state index contributed by atoms with van der Waals surface area (Å²) in [5, 5.41) is 6.52. The molecule has 2 amide bonds. The van der Waals surface area contributed by atoms with E-state index in [0.717, 1.165) is 38.9 Å². The lowest BCUT2D eigenvalue weighted by atomic mass is 9.89. The number of hydrogen-bond acceptors (Lipinski definition) is 4. The van der Waals surface area contributed by atoms with Crippen LogP contribution < -0.4 is 10.6 Å². The van der Waals surface area contributed by atoms with E-state index < -0.39 is 27.7 Å². The molecular weight excluding hydrogens is 667 g/mol. The first-order valence-electron chi connectivity index (χ1n) is 15.5. The molecule has 4 aromatic carbocycles. The minimum absolute atomic E-state index is 0.0262. The largest absolute Gasteiger partial charge is 0.351 e. The van der Waals surface area contributed by atoms with Gasteiger partial charge in [0.05, 0.1) is 22.4 Å². The second-order valence-corrected chi connectivity index (χ2v) is 15.4. The van der Waals surface area contributed by atoms with Crippen LogP contribution in [0.1, 0.15) is 64.9 Å². The van der Waals surface area contributed by atoms with Crippen molar-refractivity contribution in [2.45, 2.75) is 47.0 Å². The molecule has 0 heterocycles. The van der Waals surface area contributed by atoms with E-state index in [-0.39, 0.29) is 17.9 Å². The zero-order chi connectivity index (χ0) is 35.2. The van der Waals surface area contributed by atoms with Crippen molar-refractivity contribution in [3.8, 4) is 11.1 Å². The first kappa shape index (κ1) is 36.9. The fraction of sp³-hybridized carbons (Fsp3) is 0.263. The van der Waals surface area contributed by atoms with Gasteiger partial charge in [-0.15, -0.1) is 0 Å². The lowest BCUT2D eigenvalue weighted by Gasteiger charge is -2.20. The van der Waals surface area contributed by atoms with E-state index in [2.05, 4.69) is 43.6 Å². The summed E-state index contributed by atoms with van der Waals surface area (Å²) in [7, 11) is -4.19. The fourth-order valence-corrected chi connectivity index (χ4v) is 6.00. The van der Waals surface area contributed by atoms with Crippen LogP contribution in [0, 0.1) is 19.3 Å². The Hall–Kier alpha value is -3.95. The van der Waals surface area contributed by atoms with E-state index in [1.54, 1.807) is 24.3 Å².